The number of fused-ring (bicyclic) bond motifs is 1. The maximum absolute atomic E-state index is 12.3. The molecule has 20 heavy (non-hydrogen) atoms. The first-order valence-corrected chi connectivity index (χ1v) is 8.70. The van der Waals surface area contributed by atoms with Crippen molar-refractivity contribution >= 4 is 44.4 Å². The van der Waals surface area contributed by atoms with Crippen molar-refractivity contribution in [3.8, 4) is 0 Å². The minimum absolute atomic E-state index is 0.171. The Kier molecular flexibility index (Phi) is 4.12. The lowest BCUT2D eigenvalue weighted by molar-refractivity contribution is -0.131. The molecule has 1 fully saturated rings. The zero-order valence-electron chi connectivity index (χ0n) is 11.3. The highest BCUT2D eigenvalue weighted by Gasteiger charge is 2.22. The van der Waals surface area contributed by atoms with Crippen molar-refractivity contribution in [3.63, 3.8) is 0 Å². The average molecular weight is 307 g/mol. The largest absolute Gasteiger partial charge is 0.350 e. The van der Waals surface area contributed by atoms with Crippen LogP contribution in [0.25, 0.3) is 10.2 Å². The van der Waals surface area contributed by atoms with Crippen LogP contribution in [0.3, 0.4) is 0 Å². The van der Waals surface area contributed by atoms with Gasteiger partial charge in [0.15, 0.2) is 5.13 Å². The molecule has 1 amide bonds. The summed E-state index contributed by atoms with van der Waals surface area (Å²) in [5.41, 5.74) is 0.981. The van der Waals surface area contributed by atoms with Gasteiger partial charge in [-0.3, -0.25) is 4.79 Å². The molecule has 3 rings (SSSR count). The summed E-state index contributed by atoms with van der Waals surface area (Å²) in [7, 11) is 0. The van der Waals surface area contributed by atoms with Gasteiger partial charge in [0, 0.05) is 24.6 Å². The maximum atomic E-state index is 12.3. The molecule has 1 aromatic heterocycles. The fraction of sp³-hybridized carbons (Fsp3) is 0.429. The number of nitrogens with zero attached hydrogens (tertiary/aromatic N) is 2. The number of rotatable bonds is 3. The molecule has 1 aliphatic heterocycles. The normalized spacial score (nSPS) is 17.1. The summed E-state index contributed by atoms with van der Waals surface area (Å²) in [6.45, 7) is 3.63. The van der Waals surface area contributed by atoms with E-state index < -0.39 is 0 Å². The summed E-state index contributed by atoms with van der Waals surface area (Å²) in [5.74, 6) is 2.25. The Morgan fingerprint density at radius 3 is 2.85 bits per heavy atom. The van der Waals surface area contributed by atoms with Crippen LogP contribution >= 0.6 is 23.1 Å². The molecular weight excluding hydrogens is 290 g/mol. The lowest BCUT2D eigenvalue weighted by Gasteiger charge is -2.29. The number of aromatic nitrogens is 1. The first-order valence-electron chi connectivity index (χ1n) is 6.73. The molecule has 1 N–H and O–H groups in total. The predicted molar refractivity (Wildman–Crippen MR) is 86.6 cm³/mol. The number of hydrogen-bond donors (Lipinski definition) is 1. The summed E-state index contributed by atoms with van der Waals surface area (Å²) in [6, 6.07) is 7.80. The van der Waals surface area contributed by atoms with E-state index in [2.05, 4.69) is 10.3 Å². The van der Waals surface area contributed by atoms with Crippen molar-refractivity contribution in [3.05, 3.63) is 24.3 Å². The van der Waals surface area contributed by atoms with E-state index in [4.69, 9.17) is 0 Å². The van der Waals surface area contributed by atoms with Gasteiger partial charge in [0.25, 0.3) is 0 Å². The molecule has 2 aromatic rings. The summed E-state index contributed by atoms with van der Waals surface area (Å²) < 4.78 is 1.14. The van der Waals surface area contributed by atoms with Crippen LogP contribution in [0.4, 0.5) is 5.13 Å². The number of thioether (sulfide) groups is 1. The lowest BCUT2D eigenvalue weighted by Crippen LogP contribution is -2.45. The maximum Gasteiger partial charge on any atom is 0.244 e. The molecule has 1 saturated heterocycles. The highest BCUT2D eigenvalue weighted by Crippen LogP contribution is 2.26. The number of nitrogens with one attached hydrogen (secondary N) is 1. The summed E-state index contributed by atoms with van der Waals surface area (Å²) in [4.78, 5) is 18.8. The smallest absolute Gasteiger partial charge is 0.244 e. The van der Waals surface area contributed by atoms with Crippen LogP contribution < -0.4 is 5.32 Å². The standard InChI is InChI=1S/C14H17N3OS2/c1-10(13(18)17-6-8-19-9-7-17)15-14-16-11-4-2-3-5-12(11)20-14/h2-5,10H,6-9H2,1H3,(H,15,16)/t10-/m0/s1. The number of para-hydroxylation sites is 1. The van der Waals surface area contributed by atoms with E-state index in [1.807, 2.05) is 47.9 Å². The van der Waals surface area contributed by atoms with Crippen molar-refractivity contribution in [2.24, 2.45) is 0 Å². The van der Waals surface area contributed by atoms with Crippen LogP contribution in [0.15, 0.2) is 24.3 Å². The predicted octanol–water partition coefficient (Wildman–Crippen LogP) is 2.67. The van der Waals surface area contributed by atoms with E-state index >= 15 is 0 Å². The number of hydrogen-bond acceptors (Lipinski definition) is 5. The summed E-state index contributed by atoms with van der Waals surface area (Å²) >= 11 is 3.50. The molecule has 0 radical (unpaired) electrons. The van der Waals surface area contributed by atoms with Gasteiger partial charge in [-0.05, 0) is 19.1 Å². The van der Waals surface area contributed by atoms with E-state index in [9.17, 15) is 4.79 Å². The zero-order chi connectivity index (χ0) is 13.9. The van der Waals surface area contributed by atoms with Crippen molar-refractivity contribution in [1.82, 2.24) is 9.88 Å². The van der Waals surface area contributed by atoms with Crippen LogP contribution in [-0.2, 0) is 4.79 Å². The number of amides is 1. The van der Waals surface area contributed by atoms with E-state index in [0.29, 0.717) is 0 Å². The Balaban J connectivity index is 1.68. The van der Waals surface area contributed by atoms with Crippen molar-refractivity contribution in [2.45, 2.75) is 13.0 Å². The fourth-order valence-electron chi connectivity index (χ4n) is 2.24. The van der Waals surface area contributed by atoms with E-state index in [1.165, 1.54) is 0 Å². The molecule has 2 heterocycles. The van der Waals surface area contributed by atoms with E-state index in [1.54, 1.807) is 11.3 Å². The third-order valence-electron chi connectivity index (χ3n) is 3.33. The van der Waals surface area contributed by atoms with Crippen LogP contribution in [-0.4, -0.2) is 46.4 Å². The second-order valence-corrected chi connectivity index (χ2v) is 7.05. The molecule has 6 heteroatoms. The Bertz CT molecular complexity index is 574. The van der Waals surface area contributed by atoms with E-state index in [0.717, 1.165) is 39.9 Å². The number of carbonyl (C=O) groups is 1. The monoisotopic (exact) mass is 307 g/mol. The molecule has 0 spiro atoms. The quantitative estimate of drug-likeness (QED) is 0.947. The number of carbonyl (C=O) groups excluding carboxylic acids is 1. The average Bonchev–Trinajstić information content (AvgIpc) is 2.89. The first-order chi connectivity index (χ1) is 9.74. The first kappa shape index (κ1) is 13.7. The topological polar surface area (TPSA) is 45.2 Å². The molecular formula is C14H17N3OS2. The molecule has 0 aliphatic carbocycles. The fourth-order valence-corrected chi connectivity index (χ4v) is 4.09. The molecule has 106 valence electrons. The molecule has 1 aromatic carbocycles. The number of thiazole rings is 1. The second-order valence-electron chi connectivity index (χ2n) is 4.79. The Labute approximate surface area is 126 Å². The van der Waals surface area contributed by atoms with Gasteiger partial charge in [0.1, 0.15) is 6.04 Å². The molecule has 0 unspecified atom stereocenters. The Hall–Kier alpha value is -1.27. The molecule has 1 aliphatic rings. The van der Waals surface area contributed by atoms with Crippen molar-refractivity contribution in [1.29, 1.82) is 0 Å². The summed E-state index contributed by atoms with van der Waals surface area (Å²) in [5, 5.41) is 4.06. The van der Waals surface area contributed by atoms with Gasteiger partial charge in [0.2, 0.25) is 5.91 Å². The van der Waals surface area contributed by atoms with Gasteiger partial charge in [-0.2, -0.15) is 11.8 Å². The molecule has 4 nitrogen and oxygen atoms in total. The van der Waals surface area contributed by atoms with Crippen molar-refractivity contribution in [2.75, 3.05) is 29.9 Å². The zero-order valence-corrected chi connectivity index (χ0v) is 13.0. The number of anilines is 1. The highest BCUT2D eigenvalue weighted by molar-refractivity contribution is 7.99. The SMILES string of the molecule is C[C@H](Nc1nc2ccccc2s1)C(=O)N1CCSCC1. The van der Waals surface area contributed by atoms with Gasteiger partial charge in [-0.1, -0.05) is 23.5 Å². The lowest BCUT2D eigenvalue weighted by atomic mass is 10.3. The van der Waals surface area contributed by atoms with Crippen LogP contribution in [0.5, 0.6) is 0 Å². The third kappa shape index (κ3) is 2.91. The van der Waals surface area contributed by atoms with Crippen LogP contribution in [0, 0.1) is 0 Å². The van der Waals surface area contributed by atoms with Gasteiger partial charge in [0.05, 0.1) is 10.2 Å². The van der Waals surface area contributed by atoms with Crippen LogP contribution in [0.2, 0.25) is 0 Å². The third-order valence-corrected chi connectivity index (χ3v) is 5.24. The Morgan fingerprint density at radius 1 is 1.35 bits per heavy atom. The summed E-state index contributed by atoms with van der Waals surface area (Å²) in [6.07, 6.45) is 0. The van der Waals surface area contributed by atoms with Crippen LogP contribution in [0.1, 0.15) is 6.92 Å². The second kappa shape index (κ2) is 6.01. The molecule has 1 atom stereocenters. The molecule has 0 saturated carbocycles. The van der Waals surface area contributed by atoms with Gasteiger partial charge in [-0.25, -0.2) is 4.98 Å². The van der Waals surface area contributed by atoms with Gasteiger partial charge in [-0.15, -0.1) is 0 Å². The number of benzene rings is 1. The highest BCUT2D eigenvalue weighted by atomic mass is 32.2. The minimum atomic E-state index is -0.223. The Morgan fingerprint density at radius 2 is 2.10 bits per heavy atom. The molecule has 0 bridgehead atoms. The van der Waals surface area contributed by atoms with Crippen molar-refractivity contribution < 1.29 is 4.79 Å². The van der Waals surface area contributed by atoms with Gasteiger partial charge >= 0.3 is 0 Å². The van der Waals surface area contributed by atoms with Gasteiger partial charge < -0.3 is 10.2 Å². The van der Waals surface area contributed by atoms with E-state index in [-0.39, 0.29) is 11.9 Å². The minimum Gasteiger partial charge on any atom is -0.350 e.